The Balaban J connectivity index is 1.79. The Kier molecular flexibility index (Phi) is 10.4. The van der Waals surface area contributed by atoms with E-state index >= 15 is 0 Å². The third kappa shape index (κ3) is 5.86. The second kappa shape index (κ2) is 13.6. The van der Waals surface area contributed by atoms with Crippen LogP contribution in [0.2, 0.25) is 0 Å². The van der Waals surface area contributed by atoms with Crippen LogP contribution in [0, 0.1) is 7.14 Å². The largest absolute Gasteiger partial charge is 0.462 e. The van der Waals surface area contributed by atoms with Crippen molar-refractivity contribution in [2.45, 2.75) is 54.6 Å². The Hall–Kier alpha value is -2.61. The maximum absolute atomic E-state index is 12.6. The minimum atomic E-state index is -0.298. The average molecular weight is 783 g/mol. The Morgan fingerprint density at radius 3 is 1.90 bits per heavy atom. The molecule has 0 saturated carbocycles. The summed E-state index contributed by atoms with van der Waals surface area (Å²) in [5.74, 6) is 1.51. The van der Waals surface area contributed by atoms with Crippen molar-refractivity contribution in [3.63, 3.8) is 0 Å². The SMILES string of the molecule is CCOC(=O)c1cc2c(cc1I)N(CC)C(=CC=Cc1n(CC)c3cc(I)c(C(=O)OCC)cc3[n+]1CC)N2CC. The molecule has 2 aromatic carbocycles. The summed E-state index contributed by atoms with van der Waals surface area (Å²) < 4.78 is 16.9. The zero-order valence-electron chi connectivity index (χ0n) is 24.5. The molecular weight excluding hydrogens is 746 g/mol. The molecule has 0 unspecified atom stereocenters. The number of halogens is 2. The first kappa shape index (κ1) is 31.3. The lowest BCUT2D eigenvalue weighted by molar-refractivity contribution is -0.670. The number of allylic oxidation sites excluding steroid dienone is 2. The summed E-state index contributed by atoms with van der Waals surface area (Å²) in [6, 6.07) is 8.05. The molecule has 218 valence electrons. The van der Waals surface area contributed by atoms with Crippen LogP contribution < -0.4 is 14.4 Å². The van der Waals surface area contributed by atoms with Gasteiger partial charge in [-0.15, -0.1) is 0 Å². The molecule has 0 aliphatic carbocycles. The lowest BCUT2D eigenvalue weighted by Crippen LogP contribution is -2.35. The maximum atomic E-state index is 12.6. The molecule has 0 fully saturated rings. The summed E-state index contributed by atoms with van der Waals surface area (Å²) >= 11 is 4.44. The number of carbonyl (C=O) groups excluding carboxylic acids is 2. The molecule has 8 nitrogen and oxygen atoms in total. The minimum Gasteiger partial charge on any atom is -0.462 e. The number of hydrogen-bond acceptors (Lipinski definition) is 6. The Morgan fingerprint density at radius 1 is 0.805 bits per heavy atom. The van der Waals surface area contributed by atoms with Gasteiger partial charge in [0.05, 0.1) is 48.8 Å². The highest BCUT2D eigenvalue weighted by molar-refractivity contribution is 14.1. The van der Waals surface area contributed by atoms with Crippen molar-refractivity contribution in [2.24, 2.45) is 0 Å². The van der Waals surface area contributed by atoms with E-state index in [9.17, 15) is 9.59 Å². The predicted molar refractivity (Wildman–Crippen MR) is 180 cm³/mol. The van der Waals surface area contributed by atoms with E-state index in [1.807, 2.05) is 26.0 Å². The van der Waals surface area contributed by atoms with E-state index in [2.05, 4.69) is 122 Å². The Bertz CT molecular complexity index is 1540. The van der Waals surface area contributed by atoms with Crippen LogP contribution in [0.25, 0.3) is 17.1 Å². The lowest BCUT2D eigenvalue weighted by Gasteiger charge is -2.23. The number of fused-ring (bicyclic) bond motifs is 2. The molecule has 1 aliphatic heterocycles. The molecule has 0 bridgehead atoms. The van der Waals surface area contributed by atoms with Gasteiger partial charge < -0.3 is 19.3 Å². The van der Waals surface area contributed by atoms with Gasteiger partial charge in [0.1, 0.15) is 5.82 Å². The van der Waals surface area contributed by atoms with Crippen molar-refractivity contribution in [3.8, 4) is 0 Å². The highest BCUT2D eigenvalue weighted by Gasteiger charge is 2.31. The quantitative estimate of drug-likeness (QED) is 0.129. The van der Waals surface area contributed by atoms with Crippen LogP contribution in [0.15, 0.2) is 42.2 Å². The van der Waals surface area contributed by atoms with Gasteiger partial charge in [-0.2, -0.15) is 0 Å². The number of imidazole rings is 1. The second-order valence-corrected chi connectivity index (χ2v) is 11.6. The highest BCUT2D eigenvalue weighted by atomic mass is 127. The van der Waals surface area contributed by atoms with Gasteiger partial charge in [-0.1, -0.05) is 6.08 Å². The molecule has 2 heterocycles. The number of carbonyl (C=O) groups is 2. The van der Waals surface area contributed by atoms with Crippen molar-refractivity contribution in [1.29, 1.82) is 0 Å². The molecule has 4 rings (SSSR count). The third-order valence-corrected chi connectivity index (χ3v) is 8.93. The van der Waals surface area contributed by atoms with E-state index in [4.69, 9.17) is 9.47 Å². The third-order valence-electron chi connectivity index (χ3n) is 7.14. The Labute approximate surface area is 269 Å². The minimum absolute atomic E-state index is 0.298. The van der Waals surface area contributed by atoms with Crippen molar-refractivity contribution < 1.29 is 23.6 Å². The number of esters is 2. The van der Waals surface area contributed by atoms with E-state index in [0.717, 1.165) is 67.4 Å². The number of aryl methyl sites for hydroxylation is 2. The summed E-state index contributed by atoms with van der Waals surface area (Å²) in [6.07, 6.45) is 6.36. The smallest absolute Gasteiger partial charge is 0.339 e. The number of aromatic nitrogens is 2. The van der Waals surface area contributed by atoms with Gasteiger partial charge in [-0.3, -0.25) is 0 Å². The van der Waals surface area contributed by atoms with Gasteiger partial charge in [-0.05, 0) is 105 Å². The van der Waals surface area contributed by atoms with Crippen LogP contribution in [-0.2, 0) is 22.6 Å². The summed E-state index contributed by atoms with van der Waals surface area (Å²) in [5.41, 5.74) is 5.35. The molecule has 0 radical (unpaired) electrons. The second-order valence-electron chi connectivity index (χ2n) is 9.30. The summed E-state index contributed by atoms with van der Waals surface area (Å²) in [7, 11) is 0. The number of ether oxygens (including phenoxy) is 2. The number of rotatable bonds is 10. The molecule has 10 heteroatoms. The van der Waals surface area contributed by atoms with Crippen molar-refractivity contribution in [3.05, 3.63) is 66.3 Å². The molecule has 3 aromatic rings. The molecule has 0 N–H and O–H groups in total. The first-order valence-electron chi connectivity index (χ1n) is 14.1. The van der Waals surface area contributed by atoms with Crippen LogP contribution in [0.4, 0.5) is 11.4 Å². The van der Waals surface area contributed by atoms with Gasteiger partial charge in [0.15, 0.2) is 11.0 Å². The predicted octanol–water partition coefficient (Wildman–Crippen LogP) is 6.75. The van der Waals surface area contributed by atoms with Crippen LogP contribution in [0.5, 0.6) is 0 Å². The van der Waals surface area contributed by atoms with Gasteiger partial charge in [-0.25, -0.2) is 18.7 Å². The summed E-state index contributed by atoms with van der Waals surface area (Å²) in [4.78, 5) is 29.7. The molecular formula is C31H37I2N4O4+. The molecule has 1 aliphatic rings. The van der Waals surface area contributed by atoms with E-state index < -0.39 is 0 Å². The van der Waals surface area contributed by atoms with Crippen molar-refractivity contribution in [1.82, 2.24) is 4.57 Å². The fraction of sp³-hybridized carbons (Fsp3) is 0.387. The van der Waals surface area contributed by atoms with Crippen LogP contribution >= 0.6 is 45.2 Å². The number of nitrogens with zero attached hydrogens (tertiary/aromatic N) is 4. The monoisotopic (exact) mass is 783 g/mol. The average Bonchev–Trinajstić information content (AvgIpc) is 3.41. The zero-order chi connectivity index (χ0) is 29.8. The summed E-state index contributed by atoms with van der Waals surface area (Å²) in [6.45, 7) is 15.9. The number of hydrogen-bond donors (Lipinski definition) is 0. The van der Waals surface area contributed by atoms with Crippen molar-refractivity contribution >= 4 is 85.6 Å². The van der Waals surface area contributed by atoms with Crippen LogP contribution in [0.3, 0.4) is 0 Å². The van der Waals surface area contributed by atoms with E-state index in [0.29, 0.717) is 24.3 Å². The van der Waals surface area contributed by atoms with Crippen LogP contribution in [-0.4, -0.2) is 42.8 Å². The molecule has 1 aromatic heterocycles. The standard InChI is InChI=1S/C31H37I2N4O4/c1-7-34-24-16-20(30(38)40-11-5)22(32)18-26(24)36(9-3)28(34)14-13-15-29-35(8-2)25-17-21(31(39)41-12-6)23(33)19-27(25)37(29)10-4/h13-19H,7-12H2,1-6H3/q+1. The van der Waals surface area contributed by atoms with Gasteiger partial charge in [0, 0.05) is 38.4 Å². The maximum Gasteiger partial charge on any atom is 0.339 e. The number of benzene rings is 2. The molecule has 0 saturated heterocycles. The van der Waals surface area contributed by atoms with E-state index in [1.54, 1.807) is 0 Å². The van der Waals surface area contributed by atoms with E-state index in [-0.39, 0.29) is 11.9 Å². The molecule has 41 heavy (non-hydrogen) atoms. The summed E-state index contributed by atoms with van der Waals surface area (Å²) in [5, 5.41) is 0. The fourth-order valence-corrected chi connectivity index (χ4v) is 6.73. The highest BCUT2D eigenvalue weighted by Crippen LogP contribution is 2.43. The first-order valence-corrected chi connectivity index (χ1v) is 16.3. The fourth-order valence-electron chi connectivity index (χ4n) is 5.39. The lowest BCUT2D eigenvalue weighted by atomic mass is 10.1. The van der Waals surface area contributed by atoms with Crippen LogP contribution in [0.1, 0.15) is 68.1 Å². The van der Waals surface area contributed by atoms with Crippen molar-refractivity contribution in [2.75, 3.05) is 36.1 Å². The van der Waals surface area contributed by atoms with E-state index in [1.165, 1.54) is 0 Å². The Morgan fingerprint density at radius 2 is 1.37 bits per heavy atom. The normalized spacial score (nSPS) is 14.0. The van der Waals surface area contributed by atoms with Gasteiger partial charge in [0.25, 0.3) is 5.82 Å². The first-order chi connectivity index (χ1) is 19.8. The number of anilines is 2. The molecule has 0 atom stereocenters. The topological polar surface area (TPSA) is 67.9 Å². The zero-order valence-corrected chi connectivity index (χ0v) is 28.8. The van der Waals surface area contributed by atoms with Gasteiger partial charge in [0.2, 0.25) is 0 Å². The molecule has 0 amide bonds. The molecule has 0 spiro atoms. The van der Waals surface area contributed by atoms with Gasteiger partial charge >= 0.3 is 11.9 Å².